The lowest BCUT2D eigenvalue weighted by Crippen LogP contribution is -2.47. The summed E-state index contributed by atoms with van der Waals surface area (Å²) in [4.78, 5) is 6.88. The van der Waals surface area contributed by atoms with Crippen molar-refractivity contribution >= 4 is 52.1 Å². The molecule has 0 N–H and O–H groups in total. The first kappa shape index (κ1) is 28.1. The van der Waals surface area contributed by atoms with Gasteiger partial charge in [0.1, 0.15) is 0 Å². The zero-order chi connectivity index (χ0) is 25.2. The lowest BCUT2D eigenvalue weighted by atomic mass is 10.0. The van der Waals surface area contributed by atoms with Crippen LogP contribution in [-0.2, 0) is 0 Å². The molecule has 1 fully saturated rings. The SMILES string of the molecule is CN(CCCl)CC(Cl)c1ccccc1.CN1CCN(c2ccc(Cl)cc2Cl)C(c2ccccc2)C1. The summed E-state index contributed by atoms with van der Waals surface area (Å²) in [5.74, 6) is 0.648. The highest BCUT2D eigenvalue weighted by Gasteiger charge is 2.28. The number of nitrogens with zero attached hydrogens (tertiary/aromatic N) is 3. The minimum absolute atomic E-state index is 0.0458. The van der Waals surface area contributed by atoms with Gasteiger partial charge in [-0.2, -0.15) is 0 Å². The van der Waals surface area contributed by atoms with E-state index in [0.29, 0.717) is 22.0 Å². The second kappa shape index (κ2) is 14.3. The van der Waals surface area contributed by atoms with Crippen LogP contribution in [0.4, 0.5) is 5.69 Å². The van der Waals surface area contributed by atoms with Gasteiger partial charge in [-0.1, -0.05) is 83.9 Å². The fraction of sp³-hybridized carbons (Fsp3) is 0.357. The van der Waals surface area contributed by atoms with Crippen LogP contribution < -0.4 is 4.90 Å². The van der Waals surface area contributed by atoms with Crippen LogP contribution in [0.15, 0.2) is 78.9 Å². The van der Waals surface area contributed by atoms with E-state index >= 15 is 0 Å². The number of hydrogen-bond donors (Lipinski definition) is 0. The van der Waals surface area contributed by atoms with Crippen molar-refractivity contribution < 1.29 is 0 Å². The summed E-state index contributed by atoms with van der Waals surface area (Å²) >= 11 is 24.3. The first-order chi connectivity index (χ1) is 16.9. The number of anilines is 1. The summed E-state index contributed by atoms with van der Waals surface area (Å²) in [5.41, 5.74) is 3.54. The van der Waals surface area contributed by atoms with E-state index in [1.165, 1.54) is 5.56 Å². The molecule has 3 aromatic carbocycles. The van der Waals surface area contributed by atoms with Crippen molar-refractivity contribution in [3.05, 3.63) is 100 Å². The second-order valence-electron chi connectivity index (χ2n) is 8.81. The third kappa shape index (κ3) is 8.56. The summed E-state index contributed by atoms with van der Waals surface area (Å²) < 4.78 is 0. The Morgan fingerprint density at radius 1 is 0.943 bits per heavy atom. The van der Waals surface area contributed by atoms with Crippen LogP contribution in [0, 0.1) is 0 Å². The predicted octanol–water partition coefficient (Wildman–Crippen LogP) is 7.62. The van der Waals surface area contributed by atoms with Gasteiger partial charge in [0, 0.05) is 43.6 Å². The van der Waals surface area contributed by atoms with Crippen LogP contribution in [0.2, 0.25) is 10.0 Å². The smallest absolute Gasteiger partial charge is 0.0712 e. The van der Waals surface area contributed by atoms with E-state index < -0.39 is 0 Å². The van der Waals surface area contributed by atoms with Crippen molar-refractivity contribution in [2.75, 3.05) is 57.6 Å². The minimum Gasteiger partial charge on any atom is -0.361 e. The molecule has 1 aliphatic rings. The fourth-order valence-corrected chi connectivity index (χ4v) is 5.35. The Hall–Kier alpha value is -1.46. The van der Waals surface area contributed by atoms with Gasteiger partial charge in [-0.3, -0.25) is 0 Å². The summed E-state index contributed by atoms with van der Waals surface area (Å²) in [5, 5.41) is 1.44. The van der Waals surface area contributed by atoms with Crippen LogP contribution in [0.3, 0.4) is 0 Å². The molecule has 0 radical (unpaired) electrons. The first-order valence-electron chi connectivity index (χ1n) is 11.8. The standard InChI is InChI=1S/C17H18Cl2N2.C11H15Cl2N/c1-20-9-10-21(16-8-7-14(18)11-15(16)19)17(12-20)13-5-3-2-4-6-13;1-14(8-7-12)9-11(13)10-5-3-2-4-6-10/h2-8,11,17H,9-10,12H2,1H3;2-6,11H,7-9H2,1H3. The molecule has 1 aliphatic heterocycles. The Morgan fingerprint density at radius 3 is 2.23 bits per heavy atom. The molecular weight excluding hydrogens is 520 g/mol. The summed E-state index contributed by atoms with van der Waals surface area (Å²) in [6.45, 7) is 4.68. The molecule has 0 saturated carbocycles. The van der Waals surface area contributed by atoms with Gasteiger partial charge in [-0.05, 0) is 43.4 Å². The van der Waals surface area contributed by atoms with Crippen LogP contribution in [0.1, 0.15) is 22.5 Å². The number of likely N-dealkylation sites (N-methyl/N-ethyl adjacent to an activating group) is 2. The van der Waals surface area contributed by atoms with Crippen molar-refractivity contribution in [2.24, 2.45) is 0 Å². The van der Waals surface area contributed by atoms with Gasteiger partial charge in [0.15, 0.2) is 0 Å². The van der Waals surface area contributed by atoms with Crippen molar-refractivity contribution in [1.29, 1.82) is 0 Å². The Labute approximate surface area is 230 Å². The number of benzene rings is 3. The van der Waals surface area contributed by atoms with Gasteiger partial charge < -0.3 is 14.7 Å². The summed E-state index contributed by atoms with van der Waals surface area (Å²) in [6.07, 6.45) is 0. The van der Waals surface area contributed by atoms with Gasteiger partial charge >= 0.3 is 0 Å². The molecule has 2 atom stereocenters. The monoisotopic (exact) mass is 551 g/mol. The van der Waals surface area contributed by atoms with Crippen molar-refractivity contribution in [1.82, 2.24) is 9.80 Å². The number of hydrogen-bond acceptors (Lipinski definition) is 3. The molecule has 3 nitrogen and oxygen atoms in total. The van der Waals surface area contributed by atoms with Gasteiger partial charge in [0.25, 0.3) is 0 Å². The molecule has 0 amide bonds. The maximum Gasteiger partial charge on any atom is 0.0712 e. The van der Waals surface area contributed by atoms with Crippen LogP contribution in [-0.4, -0.2) is 62.5 Å². The van der Waals surface area contributed by atoms with E-state index in [0.717, 1.165) is 44.0 Å². The van der Waals surface area contributed by atoms with E-state index in [4.69, 9.17) is 46.4 Å². The predicted molar refractivity (Wildman–Crippen MR) is 154 cm³/mol. The van der Waals surface area contributed by atoms with E-state index in [1.54, 1.807) is 0 Å². The summed E-state index contributed by atoms with van der Waals surface area (Å²) in [7, 11) is 4.19. The van der Waals surface area contributed by atoms with Gasteiger partial charge in [-0.25, -0.2) is 0 Å². The molecule has 2 unspecified atom stereocenters. The van der Waals surface area contributed by atoms with E-state index in [9.17, 15) is 0 Å². The minimum atomic E-state index is 0.0458. The first-order valence-corrected chi connectivity index (χ1v) is 13.5. The average molecular weight is 553 g/mol. The molecule has 0 aliphatic carbocycles. The van der Waals surface area contributed by atoms with Crippen LogP contribution in [0.25, 0.3) is 0 Å². The quantitative estimate of drug-likeness (QED) is 0.279. The second-order valence-corrected chi connectivity index (χ2v) is 10.6. The maximum absolute atomic E-state index is 6.41. The Balaban J connectivity index is 0.000000214. The maximum atomic E-state index is 6.41. The number of halogens is 4. The zero-order valence-corrected chi connectivity index (χ0v) is 23.3. The van der Waals surface area contributed by atoms with Gasteiger partial charge in [0.05, 0.1) is 22.1 Å². The Kier molecular flexibility index (Phi) is 11.5. The van der Waals surface area contributed by atoms with Gasteiger partial charge in [-0.15, -0.1) is 23.2 Å². The van der Waals surface area contributed by atoms with E-state index in [-0.39, 0.29) is 5.38 Å². The highest BCUT2D eigenvalue weighted by atomic mass is 35.5. The van der Waals surface area contributed by atoms with Crippen LogP contribution >= 0.6 is 46.4 Å². The third-order valence-electron chi connectivity index (χ3n) is 6.09. The molecule has 35 heavy (non-hydrogen) atoms. The lowest BCUT2D eigenvalue weighted by Gasteiger charge is -2.42. The zero-order valence-electron chi connectivity index (χ0n) is 20.3. The average Bonchev–Trinajstić information content (AvgIpc) is 2.86. The molecule has 0 aromatic heterocycles. The van der Waals surface area contributed by atoms with Crippen LogP contribution in [0.5, 0.6) is 0 Å². The molecule has 4 rings (SSSR count). The fourth-order valence-electron chi connectivity index (χ4n) is 4.16. The molecule has 1 heterocycles. The highest BCUT2D eigenvalue weighted by molar-refractivity contribution is 6.36. The Bertz CT molecular complexity index is 1020. The van der Waals surface area contributed by atoms with E-state index in [2.05, 4.69) is 52.1 Å². The third-order valence-corrected chi connectivity index (χ3v) is 7.18. The highest BCUT2D eigenvalue weighted by Crippen LogP contribution is 2.36. The van der Waals surface area contributed by atoms with Gasteiger partial charge in [0.2, 0.25) is 0 Å². The molecule has 0 spiro atoms. The molecule has 1 saturated heterocycles. The lowest BCUT2D eigenvalue weighted by molar-refractivity contribution is 0.269. The molecule has 0 bridgehead atoms. The number of alkyl halides is 2. The van der Waals surface area contributed by atoms with Crippen molar-refractivity contribution in [2.45, 2.75) is 11.4 Å². The summed E-state index contributed by atoms with van der Waals surface area (Å²) in [6, 6.07) is 26.7. The van der Waals surface area contributed by atoms with Crippen molar-refractivity contribution in [3.8, 4) is 0 Å². The Morgan fingerprint density at radius 2 is 1.60 bits per heavy atom. The van der Waals surface area contributed by atoms with Crippen molar-refractivity contribution in [3.63, 3.8) is 0 Å². The molecular formula is C28H33Cl4N3. The molecule has 188 valence electrons. The number of rotatable bonds is 7. The normalized spacial score (nSPS) is 17.1. The van der Waals surface area contributed by atoms with E-state index in [1.807, 2.05) is 55.6 Å². The molecule has 7 heteroatoms. The number of piperazine rings is 1. The molecule has 3 aromatic rings. The topological polar surface area (TPSA) is 9.72 Å². The largest absolute Gasteiger partial charge is 0.361 e.